The zero-order valence-electron chi connectivity index (χ0n) is 9.66. The van der Waals surface area contributed by atoms with E-state index in [1.807, 2.05) is 0 Å². The fraction of sp³-hybridized carbons (Fsp3) is 0.167. The molecular formula is C12H9NO5S. The quantitative estimate of drug-likeness (QED) is 0.891. The Balaban J connectivity index is 2.22. The number of fused-ring (bicyclic) bond motifs is 1. The van der Waals surface area contributed by atoms with E-state index in [4.69, 9.17) is 9.63 Å². The number of aromatic carboxylic acids is 1. The molecule has 1 aromatic carbocycles. The second-order valence-corrected chi connectivity index (χ2v) is 6.29. The molecule has 1 aliphatic heterocycles. The number of rotatable bonds is 2. The van der Waals surface area contributed by atoms with E-state index in [-0.39, 0.29) is 22.1 Å². The zero-order valence-corrected chi connectivity index (χ0v) is 10.5. The molecule has 0 unspecified atom stereocenters. The average Bonchev–Trinajstić information content (AvgIpc) is 2.95. The van der Waals surface area contributed by atoms with Crippen LogP contribution in [-0.4, -0.2) is 30.4 Å². The second-order valence-electron chi connectivity index (χ2n) is 4.24. The summed E-state index contributed by atoms with van der Waals surface area (Å²) in [5.74, 6) is -0.996. The highest BCUT2D eigenvalue weighted by Gasteiger charge is 2.30. The molecule has 0 bridgehead atoms. The van der Waals surface area contributed by atoms with Crippen LogP contribution >= 0.6 is 0 Å². The summed E-state index contributed by atoms with van der Waals surface area (Å²) in [7, 11) is -3.33. The Bertz CT molecular complexity index is 775. The molecule has 1 aromatic heterocycles. The molecule has 2 aromatic rings. The molecule has 1 aliphatic rings. The van der Waals surface area contributed by atoms with Crippen molar-refractivity contribution in [2.45, 2.75) is 11.3 Å². The van der Waals surface area contributed by atoms with Gasteiger partial charge in [0.1, 0.15) is 0 Å². The number of hydrogen-bond acceptors (Lipinski definition) is 5. The molecule has 1 N–H and O–H groups in total. The van der Waals surface area contributed by atoms with Crippen LogP contribution in [-0.2, 0) is 16.3 Å². The number of hydrogen-bond donors (Lipinski definition) is 1. The SMILES string of the molecule is O=C(O)c1cc(-c2cccc3c2S(=O)(=O)CC3)on1. The topological polar surface area (TPSA) is 97.5 Å². The van der Waals surface area contributed by atoms with E-state index < -0.39 is 15.8 Å². The van der Waals surface area contributed by atoms with Crippen molar-refractivity contribution in [1.82, 2.24) is 5.16 Å². The largest absolute Gasteiger partial charge is 0.476 e. The van der Waals surface area contributed by atoms with Gasteiger partial charge in [-0.1, -0.05) is 17.3 Å². The lowest BCUT2D eigenvalue weighted by atomic mass is 10.1. The monoisotopic (exact) mass is 279 g/mol. The van der Waals surface area contributed by atoms with Gasteiger partial charge in [0.2, 0.25) is 0 Å². The lowest BCUT2D eigenvalue weighted by Crippen LogP contribution is -2.00. The second kappa shape index (κ2) is 3.92. The van der Waals surface area contributed by atoms with Crippen LogP contribution in [0.1, 0.15) is 16.1 Å². The number of benzene rings is 1. The van der Waals surface area contributed by atoms with Crippen LogP contribution in [0.4, 0.5) is 0 Å². The molecule has 98 valence electrons. The highest BCUT2D eigenvalue weighted by atomic mass is 32.2. The fourth-order valence-corrected chi connectivity index (χ4v) is 3.96. The molecule has 19 heavy (non-hydrogen) atoms. The molecule has 7 heteroatoms. The first-order valence-corrected chi connectivity index (χ1v) is 7.19. The van der Waals surface area contributed by atoms with Gasteiger partial charge in [-0.3, -0.25) is 0 Å². The normalized spacial score (nSPS) is 16.2. The van der Waals surface area contributed by atoms with Gasteiger partial charge in [0.15, 0.2) is 21.3 Å². The van der Waals surface area contributed by atoms with Gasteiger partial charge in [-0.15, -0.1) is 0 Å². The molecule has 0 saturated heterocycles. The van der Waals surface area contributed by atoms with Crippen LogP contribution in [0, 0.1) is 0 Å². The van der Waals surface area contributed by atoms with Gasteiger partial charge < -0.3 is 9.63 Å². The zero-order chi connectivity index (χ0) is 13.6. The average molecular weight is 279 g/mol. The first-order valence-electron chi connectivity index (χ1n) is 5.54. The highest BCUT2D eigenvalue weighted by Crippen LogP contribution is 2.35. The van der Waals surface area contributed by atoms with E-state index in [9.17, 15) is 13.2 Å². The Hall–Kier alpha value is -2.15. The summed E-state index contributed by atoms with van der Waals surface area (Å²) in [5.41, 5.74) is 0.851. The smallest absolute Gasteiger partial charge is 0.358 e. The summed E-state index contributed by atoms with van der Waals surface area (Å²) < 4.78 is 29.0. The van der Waals surface area contributed by atoms with Gasteiger partial charge in [-0.05, 0) is 18.1 Å². The van der Waals surface area contributed by atoms with Crippen molar-refractivity contribution >= 4 is 15.8 Å². The Labute approximate surface area is 108 Å². The van der Waals surface area contributed by atoms with Crippen molar-refractivity contribution in [2.24, 2.45) is 0 Å². The number of carbonyl (C=O) groups is 1. The third-order valence-corrected chi connectivity index (χ3v) is 4.89. The molecule has 0 radical (unpaired) electrons. The van der Waals surface area contributed by atoms with Gasteiger partial charge >= 0.3 is 5.97 Å². The summed E-state index contributed by atoms with van der Waals surface area (Å²) in [6.45, 7) is 0. The van der Waals surface area contributed by atoms with Gasteiger partial charge in [-0.2, -0.15) is 0 Å². The number of carboxylic acids is 1. The van der Waals surface area contributed by atoms with Gasteiger partial charge in [0, 0.05) is 11.6 Å². The molecule has 0 saturated carbocycles. The number of nitrogens with zero attached hydrogens (tertiary/aromatic N) is 1. The summed E-state index contributed by atoms with van der Waals surface area (Å²) in [5, 5.41) is 12.2. The number of aryl methyl sites for hydroxylation is 1. The highest BCUT2D eigenvalue weighted by molar-refractivity contribution is 7.91. The van der Waals surface area contributed by atoms with E-state index in [0.717, 1.165) is 5.56 Å². The van der Waals surface area contributed by atoms with E-state index in [1.165, 1.54) is 6.07 Å². The van der Waals surface area contributed by atoms with Crippen molar-refractivity contribution in [3.63, 3.8) is 0 Å². The van der Waals surface area contributed by atoms with E-state index >= 15 is 0 Å². The standard InChI is InChI=1S/C12H9NO5S/c14-12(15)9-6-10(18-13-9)8-3-1-2-7-4-5-19(16,17)11(7)8/h1-3,6H,4-5H2,(H,14,15). The minimum absolute atomic E-state index is 0.0687. The van der Waals surface area contributed by atoms with Crippen LogP contribution < -0.4 is 0 Å². The van der Waals surface area contributed by atoms with Gasteiger partial charge in [0.25, 0.3) is 0 Å². The Morgan fingerprint density at radius 2 is 2.16 bits per heavy atom. The van der Waals surface area contributed by atoms with E-state index in [0.29, 0.717) is 12.0 Å². The van der Waals surface area contributed by atoms with Crippen molar-refractivity contribution in [3.8, 4) is 11.3 Å². The first kappa shape index (κ1) is 11.9. The third-order valence-electron chi connectivity index (χ3n) is 3.04. The van der Waals surface area contributed by atoms with Gasteiger partial charge in [0.05, 0.1) is 10.6 Å². The van der Waals surface area contributed by atoms with Crippen molar-refractivity contribution in [2.75, 3.05) is 5.75 Å². The molecule has 0 aliphatic carbocycles. The molecule has 3 rings (SSSR count). The Kier molecular flexibility index (Phi) is 2.46. The lowest BCUT2D eigenvalue weighted by Gasteiger charge is -2.03. The molecule has 6 nitrogen and oxygen atoms in total. The van der Waals surface area contributed by atoms with Crippen LogP contribution in [0.15, 0.2) is 33.7 Å². The Morgan fingerprint density at radius 3 is 2.84 bits per heavy atom. The lowest BCUT2D eigenvalue weighted by molar-refractivity contribution is 0.0686. The predicted octanol–water partition coefficient (Wildman–Crippen LogP) is 1.37. The van der Waals surface area contributed by atoms with Crippen molar-refractivity contribution in [3.05, 3.63) is 35.5 Å². The van der Waals surface area contributed by atoms with E-state index in [1.54, 1.807) is 18.2 Å². The molecule has 0 fully saturated rings. The van der Waals surface area contributed by atoms with Gasteiger partial charge in [-0.25, -0.2) is 13.2 Å². The number of sulfone groups is 1. The minimum atomic E-state index is -3.33. The van der Waals surface area contributed by atoms with Crippen LogP contribution in [0.3, 0.4) is 0 Å². The molecule has 0 spiro atoms. The maximum Gasteiger partial charge on any atom is 0.358 e. The Morgan fingerprint density at radius 1 is 1.37 bits per heavy atom. The van der Waals surface area contributed by atoms with E-state index in [2.05, 4.69) is 5.16 Å². The maximum absolute atomic E-state index is 12.0. The van der Waals surface area contributed by atoms with Crippen molar-refractivity contribution < 1.29 is 22.8 Å². The fourth-order valence-electron chi connectivity index (χ4n) is 2.19. The summed E-state index contributed by atoms with van der Waals surface area (Å²) in [4.78, 5) is 11.0. The van der Waals surface area contributed by atoms with Crippen LogP contribution in [0.2, 0.25) is 0 Å². The maximum atomic E-state index is 12.0. The number of aromatic nitrogens is 1. The molecular weight excluding hydrogens is 270 g/mol. The third kappa shape index (κ3) is 1.82. The van der Waals surface area contributed by atoms with Crippen molar-refractivity contribution in [1.29, 1.82) is 0 Å². The molecule has 0 amide bonds. The summed E-state index contributed by atoms with van der Waals surface area (Å²) >= 11 is 0. The molecule has 0 atom stereocenters. The summed E-state index contributed by atoms with van der Waals surface area (Å²) in [6, 6.07) is 6.29. The first-order chi connectivity index (χ1) is 8.99. The number of carboxylic acid groups (broad SMARTS) is 1. The predicted molar refractivity (Wildman–Crippen MR) is 64.7 cm³/mol. The van der Waals surface area contributed by atoms with Crippen LogP contribution in [0.25, 0.3) is 11.3 Å². The summed E-state index contributed by atoms with van der Waals surface area (Å²) in [6.07, 6.45) is 0.464. The molecule has 2 heterocycles. The minimum Gasteiger partial charge on any atom is -0.476 e. The van der Waals surface area contributed by atoms with Crippen LogP contribution in [0.5, 0.6) is 0 Å².